The highest BCUT2D eigenvalue weighted by atomic mass is 19.1. The average Bonchev–Trinajstić information content (AvgIpc) is 3.39. The minimum atomic E-state index is -0.614. The molecule has 0 fully saturated rings. The smallest absolute Gasteiger partial charge is 0.251 e. The van der Waals surface area contributed by atoms with Crippen LogP contribution in [0, 0.1) is 25.5 Å². The van der Waals surface area contributed by atoms with Crippen LogP contribution in [0.3, 0.4) is 0 Å². The zero-order chi connectivity index (χ0) is 25.1. The number of ether oxygens (including phenoxy) is 1. The number of pyridine rings is 1. The summed E-state index contributed by atoms with van der Waals surface area (Å²) < 4.78 is 33.7. The molecular formula is C29H23F2N3O2. The molecule has 0 radical (unpaired) electrons. The maximum absolute atomic E-state index is 13.7. The summed E-state index contributed by atoms with van der Waals surface area (Å²) in [6.07, 6.45) is -0.557. The molecular weight excluding hydrogens is 460 g/mol. The Morgan fingerprint density at radius 2 is 1.56 bits per heavy atom. The summed E-state index contributed by atoms with van der Waals surface area (Å²) in [5, 5.41) is 2.98. The number of nitrogens with zero attached hydrogens (tertiary/aromatic N) is 1. The Morgan fingerprint density at radius 1 is 0.889 bits per heavy atom. The molecule has 3 aromatic carbocycles. The largest absolute Gasteiger partial charge is 0.384 e. The van der Waals surface area contributed by atoms with Crippen LogP contribution < -0.4 is 11.1 Å². The molecule has 6 rings (SSSR count). The number of anilines is 1. The number of hydrogen-bond acceptors (Lipinski definition) is 4. The predicted octanol–water partition coefficient (Wildman–Crippen LogP) is 5.68. The maximum Gasteiger partial charge on any atom is 0.251 e. The summed E-state index contributed by atoms with van der Waals surface area (Å²) in [6.45, 7) is 4.18. The lowest BCUT2D eigenvalue weighted by Gasteiger charge is -2.18. The monoisotopic (exact) mass is 483 g/mol. The number of carbonyl (C=O) groups is 1. The van der Waals surface area contributed by atoms with Crippen molar-refractivity contribution in [3.8, 4) is 11.1 Å². The number of nitrogens with one attached hydrogen (secondary N) is 1. The van der Waals surface area contributed by atoms with Gasteiger partial charge in [0.2, 0.25) is 0 Å². The van der Waals surface area contributed by atoms with E-state index in [1.165, 1.54) is 12.1 Å². The minimum Gasteiger partial charge on any atom is -0.384 e. The molecule has 2 unspecified atom stereocenters. The summed E-state index contributed by atoms with van der Waals surface area (Å²) in [4.78, 5) is 17.2. The van der Waals surface area contributed by atoms with Gasteiger partial charge in [-0.05, 0) is 94.8 Å². The number of benzene rings is 3. The van der Waals surface area contributed by atoms with E-state index in [0.29, 0.717) is 23.5 Å². The summed E-state index contributed by atoms with van der Waals surface area (Å²) in [5.41, 5.74) is 14.2. The number of nitrogens with two attached hydrogens (primary N) is 1. The van der Waals surface area contributed by atoms with Crippen molar-refractivity contribution < 1.29 is 18.3 Å². The number of fused-ring (bicyclic) bond motifs is 8. The molecule has 0 saturated heterocycles. The summed E-state index contributed by atoms with van der Waals surface area (Å²) in [7, 11) is 0. The molecule has 3 N–H and O–H groups in total. The first-order valence-electron chi connectivity index (χ1n) is 11.7. The van der Waals surface area contributed by atoms with Crippen LogP contribution in [-0.2, 0) is 11.3 Å². The molecule has 1 amide bonds. The zero-order valence-corrected chi connectivity index (χ0v) is 19.7. The third-order valence-electron chi connectivity index (χ3n) is 7.03. The van der Waals surface area contributed by atoms with E-state index in [0.717, 1.165) is 50.7 Å². The van der Waals surface area contributed by atoms with Crippen LogP contribution in [0.15, 0.2) is 60.7 Å². The van der Waals surface area contributed by atoms with Crippen molar-refractivity contribution >= 4 is 11.7 Å². The number of carbonyl (C=O) groups excluding carboxylic acids is 1. The highest BCUT2D eigenvalue weighted by Crippen LogP contribution is 2.54. The maximum atomic E-state index is 13.7. The lowest BCUT2D eigenvalue weighted by molar-refractivity contribution is 0.0857. The molecule has 2 bridgehead atoms. The van der Waals surface area contributed by atoms with Crippen LogP contribution in [0.4, 0.5) is 14.6 Å². The molecule has 2 aliphatic heterocycles. The Morgan fingerprint density at radius 3 is 2.25 bits per heavy atom. The van der Waals surface area contributed by atoms with E-state index < -0.39 is 11.6 Å². The van der Waals surface area contributed by atoms with Gasteiger partial charge in [-0.2, -0.15) is 0 Å². The van der Waals surface area contributed by atoms with Gasteiger partial charge in [0.1, 0.15) is 29.7 Å². The summed E-state index contributed by atoms with van der Waals surface area (Å²) in [6, 6.07) is 16.6. The topological polar surface area (TPSA) is 77.2 Å². The van der Waals surface area contributed by atoms with Crippen LogP contribution in [0.2, 0.25) is 0 Å². The van der Waals surface area contributed by atoms with Gasteiger partial charge in [-0.3, -0.25) is 4.79 Å². The van der Waals surface area contributed by atoms with E-state index >= 15 is 0 Å². The number of halogens is 2. The number of hydrogen-bond donors (Lipinski definition) is 2. The summed E-state index contributed by atoms with van der Waals surface area (Å²) >= 11 is 0. The molecule has 2 aliphatic rings. The highest BCUT2D eigenvalue weighted by Gasteiger charge is 2.43. The lowest BCUT2D eigenvalue weighted by Crippen LogP contribution is -2.24. The first-order valence-corrected chi connectivity index (χ1v) is 11.7. The van der Waals surface area contributed by atoms with E-state index in [2.05, 4.69) is 10.3 Å². The molecule has 0 spiro atoms. The number of aryl methyl sites for hydroxylation is 2. The van der Waals surface area contributed by atoms with Crippen molar-refractivity contribution in [3.05, 3.63) is 117 Å². The van der Waals surface area contributed by atoms with Crippen molar-refractivity contribution in [2.45, 2.75) is 32.6 Å². The molecule has 36 heavy (non-hydrogen) atoms. The molecule has 180 valence electrons. The fraction of sp³-hybridized carbons (Fsp3) is 0.172. The summed E-state index contributed by atoms with van der Waals surface area (Å²) in [5.74, 6) is -0.945. The van der Waals surface area contributed by atoms with Gasteiger partial charge in [0.15, 0.2) is 0 Å². The van der Waals surface area contributed by atoms with E-state index in [-0.39, 0.29) is 18.1 Å². The standard InChI is InChI=1S/C29H23F2N3O2/c1-14-7-26(32)34-15(2)25(14)13-33-29(35)17-4-6-22-24(11-17)28-21-5-3-16(10-23(21)27(22)36-28)18-8-19(30)12-20(31)9-18/h3-12,27-28H,13H2,1-2H3,(H2,32,34)(H,33,35). The van der Waals surface area contributed by atoms with Crippen LogP contribution in [0.1, 0.15) is 61.6 Å². The van der Waals surface area contributed by atoms with Crippen LogP contribution in [0.25, 0.3) is 11.1 Å². The second-order valence-electron chi connectivity index (χ2n) is 9.35. The molecule has 3 heterocycles. The fourth-order valence-electron chi connectivity index (χ4n) is 5.31. The lowest BCUT2D eigenvalue weighted by atomic mass is 9.84. The third-order valence-corrected chi connectivity index (χ3v) is 7.03. The molecule has 5 nitrogen and oxygen atoms in total. The average molecular weight is 484 g/mol. The van der Waals surface area contributed by atoms with Crippen molar-refractivity contribution in [1.82, 2.24) is 10.3 Å². The molecule has 1 aromatic heterocycles. The second-order valence-corrected chi connectivity index (χ2v) is 9.35. The zero-order valence-electron chi connectivity index (χ0n) is 19.7. The predicted molar refractivity (Wildman–Crippen MR) is 132 cm³/mol. The van der Waals surface area contributed by atoms with Gasteiger partial charge >= 0.3 is 0 Å². The third kappa shape index (κ3) is 3.63. The SMILES string of the molecule is Cc1cc(N)nc(C)c1CNC(=O)c1ccc2c(c1)C1OC2c2cc(-c3cc(F)cc(F)c3)ccc21. The number of nitrogen functional groups attached to an aromatic ring is 1. The van der Waals surface area contributed by atoms with Gasteiger partial charge in [0.25, 0.3) is 5.91 Å². The Kier molecular flexibility index (Phi) is 5.12. The van der Waals surface area contributed by atoms with Crippen LogP contribution in [0.5, 0.6) is 0 Å². The van der Waals surface area contributed by atoms with Crippen molar-refractivity contribution in [3.63, 3.8) is 0 Å². The normalized spacial score (nSPS) is 17.1. The molecule has 0 aliphatic carbocycles. The number of aromatic nitrogens is 1. The number of rotatable bonds is 4. The quantitative estimate of drug-likeness (QED) is 0.392. The van der Waals surface area contributed by atoms with Crippen LogP contribution in [-0.4, -0.2) is 10.9 Å². The first kappa shape index (κ1) is 22.4. The van der Waals surface area contributed by atoms with Gasteiger partial charge in [0, 0.05) is 23.9 Å². The van der Waals surface area contributed by atoms with Gasteiger partial charge in [-0.25, -0.2) is 13.8 Å². The molecule has 2 atom stereocenters. The molecule has 7 heteroatoms. The Labute approximate surface area is 206 Å². The minimum absolute atomic E-state index is 0.181. The van der Waals surface area contributed by atoms with E-state index in [1.54, 1.807) is 12.1 Å². The number of amides is 1. The van der Waals surface area contributed by atoms with Gasteiger partial charge in [-0.15, -0.1) is 0 Å². The fourth-order valence-corrected chi connectivity index (χ4v) is 5.31. The Balaban J connectivity index is 1.25. The van der Waals surface area contributed by atoms with Gasteiger partial charge < -0.3 is 15.8 Å². The Hall–Kier alpha value is -4.10. The van der Waals surface area contributed by atoms with Gasteiger partial charge in [0.05, 0.1) is 0 Å². The van der Waals surface area contributed by atoms with Crippen molar-refractivity contribution in [2.75, 3.05) is 5.73 Å². The highest BCUT2D eigenvalue weighted by molar-refractivity contribution is 5.94. The molecule has 0 saturated carbocycles. The Bertz CT molecular complexity index is 1520. The second kappa shape index (κ2) is 8.24. The van der Waals surface area contributed by atoms with E-state index in [9.17, 15) is 13.6 Å². The van der Waals surface area contributed by atoms with Crippen molar-refractivity contribution in [1.29, 1.82) is 0 Å². The van der Waals surface area contributed by atoms with Gasteiger partial charge in [-0.1, -0.05) is 18.2 Å². The van der Waals surface area contributed by atoms with E-state index in [4.69, 9.17) is 10.5 Å². The van der Waals surface area contributed by atoms with Crippen LogP contribution >= 0.6 is 0 Å². The molecule has 4 aromatic rings. The van der Waals surface area contributed by atoms with E-state index in [1.807, 2.05) is 44.2 Å². The first-order chi connectivity index (χ1) is 17.3. The van der Waals surface area contributed by atoms with Crippen molar-refractivity contribution in [2.24, 2.45) is 0 Å².